The topological polar surface area (TPSA) is 37.5 Å². The van der Waals surface area contributed by atoms with E-state index in [0.717, 1.165) is 23.4 Å². The molecule has 0 spiro atoms. The summed E-state index contributed by atoms with van der Waals surface area (Å²) in [4.78, 5) is 0. The molecule has 3 aromatic rings. The van der Waals surface area contributed by atoms with Crippen molar-refractivity contribution >= 4 is 23.5 Å². The molecule has 0 radical (unpaired) electrons. The summed E-state index contributed by atoms with van der Waals surface area (Å²) in [5.41, 5.74) is 7.59. The average molecular weight is 339 g/mol. The zero-order valence-electron chi connectivity index (χ0n) is 13.7. The van der Waals surface area contributed by atoms with Crippen LogP contribution in [0.25, 0.3) is 11.3 Å². The molecule has 0 saturated heterocycles. The molecule has 0 atom stereocenters. The number of aryl methyl sites for hydroxylation is 2. The standard InChI is InChI=1S/C20H19ClN2O/c1-3-15-6-4-5-14(2)20(15)23-22-13-18-11-12-19(24-18)16-7-9-17(21)10-8-16/h4-13,23H,3H2,1-2H3/b22-13+. The zero-order valence-corrected chi connectivity index (χ0v) is 14.5. The van der Waals surface area contributed by atoms with Gasteiger partial charge < -0.3 is 4.42 Å². The third kappa shape index (κ3) is 3.69. The number of para-hydroxylation sites is 1. The Hall–Kier alpha value is -2.52. The molecule has 122 valence electrons. The zero-order chi connectivity index (χ0) is 16.9. The first kappa shape index (κ1) is 16.3. The van der Waals surface area contributed by atoms with Gasteiger partial charge in [-0.15, -0.1) is 0 Å². The van der Waals surface area contributed by atoms with Crippen molar-refractivity contribution in [3.63, 3.8) is 0 Å². The Labute approximate surface area is 147 Å². The van der Waals surface area contributed by atoms with Crippen LogP contribution in [-0.4, -0.2) is 6.21 Å². The number of nitrogens with one attached hydrogen (secondary N) is 1. The lowest BCUT2D eigenvalue weighted by atomic mass is 10.1. The van der Waals surface area contributed by atoms with E-state index >= 15 is 0 Å². The maximum Gasteiger partial charge on any atom is 0.147 e. The minimum atomic E-state index is 0.694. The second-order valence-corrected chi connectivity index (χ2v) is 5.98. The molecule has 0 aliphatic carbocycles. The van der Waals surface area contributed by atoms with E-state index in [2.05, 4.69) is 42.6 Å². The lowest BCUT2D eigenvalue weighted by molar-refractivity contribution is 0.575. The van der Waals surface area contributed by atoms with Gasteiger partial charge in [0.15, 0.2) is 0 Å². The summed E-state index contributed by atoms with van der Waals surface area (Å²) < 4.78 is 5.80. The van der Waals surface area contributed by atoms with Crippen LogP contribution in [-0.2, 0) is 6.42 Å². The van der Waals surface area contributed by atoms with E-state index in [1.54, 1.807) is 6.21 Å². The molecule has 0 aliphatic heterocycles. The van der Waals surface area contributed by atoms with E-state index in [0.29, 0.717) is 10.8 Å². The van der Waals surface area contributed by atoms with Crippen LogP contribution < -0.4 is 5.43 Å². The summed E-state index contributed by atoms with van der Waals surface area (Å²) in [6.45, 7) is 4.21. The first-order valence-corrected chi connectivity index (χ1v) is 8.28. The van der Waals surface area contributed by atoms with Gasteiger partial charge in [-0.1, -0.05) is 36.7 Å². The molecule has 0 amide bonds. The molecular weight excluding hydrogens is 320 g/mol. The third-order valence-electron chi connectivity index (χ3n) is 3.86. The van der Waals surface area contributed by atoms with Gasteiger partial charge in [0.2, 0.25) is 0 Å². The molecular formula is C20H19ClN2O. The van der Waals surface area contributed by atoms with Crippen LogP contribution in [0.3, 0.4) is 0 Å². The van der Waals surface area contributed by atoms with Crippen LogP contribution in [0.1, 0.15) is 23.8 Å². The highest BCUT2D eigenvalue weighted by Crippen LogP contribution is 2.24. The maximum absolute atomic E-state index is 5.91. The molecule has 3 rings (SSSR count). The molecule has 4 heteroatoms. The molecule has 0 saturated carbocycles. The minimum absolute atomic E-state index is 0.694. The van der Waals surface area contributed by atoms with Crippen molar-refractivity contribution in [1.29, 1.82) is 0 Å². The fourth-order valence-electron chi connectivity index (χ4n) is 2.54. The van der Waals surface area contributed by atoms with Gasteiger partial charge in [-0.25, -0.2) is 0 Å². The predicted octanol–water partition coefficient (Wildman–Crippen LogP) is 5.92. The third-order valence-corrected chi connectivity index (χ3v) is 4.12. The largest absolute Gasteiger partial charge is 0.455 e. The molecule has 1 heterocycles. The first-order chi connectivity index (χ1) is 11.7. The summed E-state index contributed by atoms with van der Waals surface area (Å²) in [5, 5.41) is 5.02. The molecule has 3 nitrogen and oxygen atoms in total. The van der Waals surface area contributed by atoms with E-state index in [-0.39, 0.29) is 0 Å². The van der Waals surface area contributed by atoms with Gasteiger partial charge >= 0.3 is 0 Å². The van der Waals surface area contributed by atoms with Crippen molar-refractivity contribution < 1.29 is 4.42 Å². The normalized spacial score (nSPS) is 11.1. The van der Waals surface area contributed by atoms with Gasteiger partial charge in [0.1, 0.15) is 11.5 Å². The lowest BCUT2D eigenvalue weighted by Crippen LogP contribution is -1.97. The van der Waals surface area contributed by atoms with Crippen LogP contribution in [0.15, 0.2) is 64.1 Å². The van der Waals surface area contributed by atoms with Crippen LogP contribution in [0.2, 0.25) is 5.02 Å². The van der Waals surface area contributed by atoms with E-state index in [1.807, 2.05) is 36.4 Å². The Bertz CT molecular complexity index is 850. The second kappa shape index (κ2) is 7.37. The quantitative estimate of drug-likeness (QED) is 0.463. The Morgan fingerprint density at radius 1 is 1.08 bits per heavy atom. The summed E-state index contributed by atoms with van der Waals surface area (Å²) in [5.74, 6) is 1.48. The van der Waals surface area contributed by atoms with E-state index < -0.39 is 0 Å². The Kier molecular flexibility index (Phi) is 5.02. The highest BCUT2D eigenvalue weighted by Gasteiger charge is 2.04. The number of hydrazone groups is 1. The van der Waals surface area contributed by atoms with Gasteiger partial charge in [-0.3, -0.25) is 5.43 Å². The Morgan fingerprint density at radius 3 is 2.62 bits per heavy atom. The van der Waals surface area contributed by atoms with Gasteiger partial charge in [-0.05, 0) is 60.9 Å². The fourth-order valence-corrected chi connectivity index (χ4v) is 2.66. The van der Waals surface area contributed by atoms with Crippen LogP contribution in [0.4, 0.5) is 5.69 Å². The molecule has 1 N–H and O–H groups in total. The van der Waals surface area contributed by atoms with Crippen molar-refractivity contribution in [3.05, 3.63) is 76.5 Å². The van der Waals surface area contributed by atoms with Crippen molar-refractivity contribution in [2.24, 2.45) is 5.10 Å². The van der Waals surface area contributed by atoms with Crippen LogP contribution in [0, 0.1) is 6.92 Å². The first-order valence-electron chi connectivity index (χ1n) is 7.90. The van der Waals surface area contributed by atoms with Crippen molar-refractivity contribution in [2.45, 2.75) is 20.3 Å². The SMILES string of the molecule is CCc1cccc(C)c1N/N=C/c1ccc(-c2ccc(Cl)cc2)o1. The summed E-state index contributed by atoms with van der Waals surface area (Å²) >= 11 is 5.91. The highest BCUT2D eigenvalue weighted by molar-refractivity contribution is 6.30. The molecule has 0 aliphatic rings. The van der Waals surface area contributed by atoms with Crippen molar-refractivity contribution in [3.8, 4) is 11.3 Å². The molecule has 2 aromatic carbocycles. The van der Waals surface area contributed by atoms with Crippen molar-refractivity contribution in [1.82, 2.24) is 0 Å². The van der Waals surface area contributed by atoms with Gasteiger partial charge in [0, 0.05) is 10.6 Å². The number of halogens is 1. The number of anilines is 1. The number of furan rings is 1. The van der Waals surface area contributed by atoms with E-state index in [4.69, 9.17) is 16.0 Å². The molecule has 0 fully saturated rings. The van der Waals surface area contributed by atoms with E-state index in [9.17, 15) is 0 Å². The van der Waals surface area contributed by atoms with Crippen molar-refractivity contribution in [2.75, 3.05) is 5.43 Å². The monoisotopic (exact) mass is 338 g/mol. The van der Waals surface area contributed by atoms with Gasteiger partial charge in [-0.2, -0.15) is 5.10 Å². The maximum atomic E-state index is 5.91. The van der Waals surface area contributed by atoms with Gasteiger partial charge in [0.05, 0.1) is 11.9 Å². The fraction of sp³-hybridized carbons (Fsp3) is 0.150. The molecule has 1 aromatic heterocycles. The summed E-state index contributed by atoms with van der Waals surface area (Å²) in [6.07, 6.45) is 2.65. The second-order valence-electron chi connectivity index (χ2n) is 5.54. The average Bonchev–Trinajstić information content (AvgIpc) is 3.06. The minimum Gasteiger partial charge on any atom is -0.455 e. The van der Waals surface area contributed by atoms with Crippen LogP contribution >= 0.6 is 11.6 Å². The Morgan fingerprint density at radius 2 is 1.88 bits per heavy atom. The molecule has 24 heavy (non-hydrogen) atoms. The number of hydrogen-bond donors (Lipinski definition) is 1. The van der Waals surface area contributed by atoms with Gasteiger partial charge in [0.25, 0.3) is 0 Å². The van der Waals surface area contributed by atoms with Crippen LogP contribution in [0.5, 0.6) is 0 Å². The number of rotatable bonds is 5. The lowest BCUT2D eigenvalue weighted by Gasteiger charge is -2.09. The smallest absolute Gasteiger partial charge is 0.147 e. The summed E-state index contributed by atoms with van der Waals surface area (Å²) in [7, 11) is 0. The predicted molar refractivity (Wildman–Crippen MR) is 101 cm³/mol. The number of hydrogen-bond acceptors (Lipinski definition) is 3. The highest BCUT2D eigenvalue weighted by atomic mass is 35.5. The molecule has 0 bridgehead atoms. The molecule has 0 unspecified atom stereocenters. The Balaban J connectivity index is 1.73. The summed E-state index contributed by atoms with van der Waals surface area (Å²) in [6, 6.07) is 17.6. The van der Waals surface area contributed by atoms with E-state index in [1.165, 1.54) is 11.1 Å². The number of benzene rings is 2. The number of nitrogens with zero attached hydrogens (tertiary/aromatic N) is 1.